The largest absolute Gasteiger partial charge is 0.351 e. The van der Waals surface area contributed by atoms with Crippen LogP contribution in [0.1, 0.15) is 22.5 Å². The maximum atomic E-state index is 12.2. The number of benzene rings is 1. The maximum absolute atomic E-state index is 12.2. The molecule has 0 bridgehead atoms. The second-order valence-electron chi connectivity index (χ2n) is 5.00. The van der Waals surface area contributed by atoms with Crippen LogP contribution in [0.3, 0.4) is 0 Å². The minimum atomic E-state index is -0.264. The van der Waals surface area contributed by atoms with Gasteiger partial charge in [-0.3, -0.25) is 10.1 Å². The van der Waals surface area contributed by atoms with Crippen LogP contribution in [0, 0.1) is 11.3 Å². The highest BCUT2D eigenvalue weighted by Crippen LogP contribution is 2.12. The van der Waals surface area contributed by atoms with Crippen molar-refractivity contribution in [3.63, 3.8) is 0 Å². The van der Waals surface area contributed by atoms with Gasteiger partial charge in [0.2, 0.25) is 5.91 Å². The van der Waals surface area contributed by atoms with Crippen LogP contribution in [0.25, 0.3) is 0 Å². The summed E-state index contributed by atoms with van der Waals surface area (Å²) in [6.07, 6.45) is 2.24. The molecular formula is C15H15N5O. The molecule has 3 rings (SSSR count). The number of H-pyrrole nitrogens is 1. The number of carbonyl (C=O) groups is 1. The Kier molecular flexibility index (Phi) is 3.67. The SMILES string of the molecule is N#Cc1cccc(CNC(=O)C2Cc3nc[nH]c3CN2)c1. The zero-order valence-corrected chi connectivity index (χ0v) is 11.4. The van der Waals surface area contributed by atoms with Gasteiger partial charge in [-0.1, -0.05) is 12.1 Å². The Morgan fingerprint density at radius 1 is 1.52 bits per heavy atom. The van der Waals surface area contributed by atoms with Crippen molar-refractivity contribution >= 4 is 5.91 Å². The first-order chi connectivity index (χ1) is 10.3. The Labute approximate surface area is 122 Å². The summed E-state index contributed by atoms with van der Waals surface area (Å²) < 4.78 is 0. The quantitative estimate of drug-likeness (QED) is 0.768. The Morgan fingerprint density at radius 2 is 2.43 bits per heavy atom. The average Bonchev–Trinajstić information content (AvgIpc) is 3.00. The van der Waals surface area contributed by atoms with Gasteiger partial charge in [0.25, 0.3) is 0 Å². The van der Waals surface area contributed by atoms with Gasteiger partial charge in [0.05, 0.1) is 35.4 Å². The minimum Gasteiger partial charge on any atom is -0.351 e. The number of imidazole rings is 1. The second-order valence-corrected chi connectivity index (χ2v) is 5.00. The standard InChI is InChI=1S/C15H15N5O/c16-6-10-2-1-3-11(4-10)7-18-15(21)13-5-12-14(8-17-13)20-9-19-12/h1-4,9,13,17H,5,7-8H2,(H,18,21)(H,19,20). The van der Waals surface area contributed by atoms with Crippen molar-refractivity contribution in [1.82, 2.24) is 20.6 Å². The number of nitriles is 1. The lowest BCUT2D eigenvalue weighted by Crippen LogP contribution is -2.47. The first-order valence-electron chi connectivity index (χ1n) is 6.77. The molecule has 0 radical (unpaired) electrons. The van der Waals surface area contributed by atoms with Crippen LogP contribution in [-0.4, -0.2) is 21.9 Å². The highest BCUT2D eigenvalue weighted by atomic mass is 16.2. The number of aromatic nitrogens is 2. The lowest BCUT2D eigenvalue weighted by atomic mass is 10.0. The summed E-state index contributed by atoms with van der Waals surface area (Å²) in [6, 6.07) is 9.05. The summed E-state index contributed by atoms with van der Waals surface area (Å²) in [6.45, 7) is 1.04. The molecular weight excluding hydrogens is 266 g/mol. The summed E-state index contributed by atoms with van der Waals surface area (Å²) in [4.78, 5) is 19.5. The number of hydrogen-bond donors (Lipinski definition) is 3. The van der Waals surface area contributed by atoms with E-state index in [9.17, 15) is 4.79 Å². The van der Waals surface area contributed by atoms with Crippen molar-refractivity contribution in [2.24, 2.45) is 0 Å². The van der Waals surface area contributed by atoms with Crippen molar-refractivity contribution < 1.29 is 4.79 Å². The number of nitrogens with zero attached hydrogens (tertiary/aromatic N) is 2. The lowest BCUT2D eigenvalue weighted by molar-refractivity contribution is -0.123. The van der Waals surface area contributed by atoms with E-state index in [1.165, 1.54) is 0 Å². The molecule has 1 aromatic carbocycles. The fourth-order valence-electron chi connectivity index (χ4n) is 2.42. The normalized spacial score (nSPS) is 16.8. The molecule has 3 N–H and O–H groups in total. The molecule has 0 saturated heterocycles. The van der Waals surface area contributed by atoms with Gasteiger partial charge in [-0.2, -0.15) is 5.26 Å². The van der Waals surface area contributed by atoms with Crippen molar-refractivity contribution in [3.05, 3.63) is 53.1 Å². The zero-order valence-electron chi connectivity index (χ0n) is 11.4. The molecule has 1 amide bonds. The molecule has 0 aliphatic carbocycles. The molecule has 1 aliphatic rings. The predicted molar refractivity (Wildman–Crippen MR) is 75.9 cm³/mol. The van der Waals surface area contributed by atoms with E-state index >= 15 is 0 Å². The summed E-state index contributed by atoms with van der Waals surface area (Å²) in [5, 5.41) is 14.9. The first-order valence-corrected chi connectivity index (χ1v) is 6.77. The molecule has 1 aromatic heterocycles. The monoisotopic (exact) mass is 281 g/mol. The van der Waals surface area contributed by atoms with Crippen LogP contribution in [0.4, 0.5) is 0 Å². The zero-order chi connectivity index (χ0) is 14.7. The highest BCUT2D eigenvalue weighted by molar-refractivity contribution is 5.82. The second kappa shape index (κ2) is 5.77. The molecule has 21 heavy (non-hydrogen) atoms. The predicted octanol–water partition coefficient (Wildman–Crippen LogP) is 0.612. The topological polar surface area (TPSA) is 93.6 Å². The van der Waals surface area contributed by atoms with Gasteiger partial charge in [0.1, 0.15) is 0 Å². The minimum absolute atomic E-state index is 0.0500. The molecule has 6 nitrogen and oxygen atoms in total. The van der Waals surface area contributed by atoms with E-state index in [0.717, 1.165) is 17.0 Å². The number of fused-ring (bicyclic) bond motifs is 1. The molecule has 0 saturated carbocycles. The molecule has 6 heteroatoms. The van der Waals surface area contributed by atoms with Crippen molar-refractivity contribution in [2.45, 2.75) is 25.6 Å². The van der Waals surface area contributed by atoms with Crippen LogP contribution < -0.4 is 10.6 Å². The van der Waals surface area contributed by atoms with E-state index in [2.05, 4.69) is 26.7 Å². The summed E-state index contributed by atoms with van der Waals surface area (Å²) in [5.41, 5.74) is 3.50. The van der Waals surface area contributed by atoms with Crippen LogP contribution in [-0.2, 0) is 24.3 Å². The number of rotatable bonds is 3. The Hall–Kier alpha value is -2.65. The number of nitrogens with one attached hydrogen (secondary N) is 3. The van der Waals surface area contributed by atoms with Gasteiger partial charge in [0.15, 0.2) is 0 Å². The summed E-state index contributed by atoms with van der Waals surface area (Å²) >= 11 is 0. The van der Waals surface area contributed by atoms with Gasteiger partial charge < -0.3 is 10.3 Å². The van der Waals surface area contributed by atoms with Crippen LogP contribution in [0.15, 0.2) is 30.6 Å². The molecule has 0 spiro atoms. The Morgan fingerprint density at radius 3 is 3.29 bits per heavy atom. The summed E-state index contributed by atoms with van der Waals surface area (Å²) in [7, 11) is 0. The third-order valence-corrected chi connectivity index (χ3v) is 3.57. The Bertz CT molecular complexity index is 700. The molecule has 1 aliphatic heterocycles. The van der Waals surface area contributed by atoms with Gasteiger partial charge >= 0.3 is 0 Å². The van der Waals surface area contributed by atoms with Crippen molar-refractivity contribution in [2.75, 3.05) is 0 Å². The fourth-order valence-corrected chi connectivity index (χ4v) is 2.42. The van der Waals surface area contributed by atoms with Crippen LogP contribution in [0.2, 0.25) is 0 Å². The maximum Gasteiger partial charge on any atom is 0.237 e. The van der Waals surface area contributed by atoms with Gasteiger partial charge in [-0.15, -0.1) is 0 Å². The van der Waals surface area contributed by atoms with E-state index in [4.69, 9.17) is 5.26 Å². The molecule has 2 aromatic rings. The summed E-state index contributed by atoms with van der Waals surface area (Å²) in [5.74, 6) is -0.0500. The van der Waals surface area contributed by atoms with Crippen LogP contribution in [0.5, 0.6) is 0 Å². The van der Waals surface area contributed by atoms with Gasteiger partial charge in [0, 0.05) is 19.5 Å². The molecule has 2 heterocycles. The third kappa shape index (κ3) is 2.93. The van der Waals surface area contributed by atoms with Gasteiger partial charge in [-0.05, 0) is 17.7 Å². The van der Waals surface area contributed by atoms with Crippen molar-refractivity contribution in [3.8, 4) is 6.07 Å². The number of aromatic amines is 1. The number of amides is 1. The fraction of sp³-hybridized carbons (Fsp3) is 0.267. The van der Waals surface area contributed by atoms with E-state index in [1.54, 1.807) is 18.5 Å². The van der Waals surface area contributed by atoms with E-state index in [1.807, 2.05) is 12.1 Å². The number of carbonyl (C=O) groups excluding carboxylic acids is 1. The van der Waals surface area contributed by atoms with Crippen LogP contribution >= 0.6 is 0 Å². The van der Waals surface area contributed by atoms with E-state index in [0.29, 0.717) is 25.1 Å². The van der Waals surface area contributed by atoms with E-state index < -0.39 is 0 Å². The van der Waals surface area contributed by atoms with E-state index in [-0.39, 0.29) is 11.9 Å². The molecule has 1 atom stereocenters. The molecule has 106 valence electrons. The van der Waals surface area contributed by atoms with Gasteiger partial charge in [-0.25, -0.2) is 4.98 Å². The smallest absolute Gasteiger partial charge is 0.237 e. The Balaban J connectivity index is 1.59. The first kappa shape index (κ1) is 13.3. The third-order valence-electron chi connectivity index (χ3n) is 3.57. The van der Waals surface area contributed by atoms with Crippen molar-refractivity contribution in [1.29, 1.82) is 5.26 Å². The molecule has 1 unspecified atom stereocenters. The lowest BCUT2D eigenvalue weighted by Gasteiger charge is -2.22. The highest BCUT2D eigenvalue weighted by Gasteiger charge is 2.25. The average molecular weight is 281 g/mol. The number of hydrogen-bond acceptors (Lipinski definition) is 4. The molecule has 0 fully saturated rings.